The van der Waals surface area contributed by atoms with E-state index in [1.54, 1.807) is 68.3 Å². The van der Waals surface area contributed by atoms with Crippen LogP contribution in [0.5, 0.6) is 0 Å². The largest absolute Gasteiger partial charge is 0.443 e. The molecular formula is C31H38FN5O4SSi. The minimum atomic E-state index is -1.16. The highest BCUT2D eigenvalue weighted by Crippen LogP contribution is 2.32. The van der Waals surface area contributed by atoms with E-state index in [4.69, 9.17) is 9.47 Å². The molecule has 0 aliphatic carbocycles. The molecule has 1 N–H and O–H groups in total. The second-order valence-electron chi connectivity index (χ2n) is 12.4. The normalized spacial score (nSPS) is 11.8. The fourth-order valence-corrected chi connectivity index (χ4v) is 5.47. The summed E-state index contributed by atoms with van der Waals surface area (Å²) in [5, 5.41) is 9.55. The van der Waals surface area contributed by atoms with Crippen LogP contribution in [0.4, 0.5) is 20.6 Å². The average Bonchev–Trinajstić information content (AvgIpc) is 3.60. The number of nitrogens with one attached hydrogen (secondary N) is 1. The number of rotatable bonds is 10. The van der Waals surface area contributed by atoms with Gasteiger partial charge in [-0.1, -0.05) is 31.8 Å². The van der Waals surface area contributed by atoms with Crippen LogP contribution < -0.4 is 10.2 Å². The van der Waals surface area contributed by atoms with Crippen LogP contribution in [0.3, 0.4) is 0 Å². The zero-order valence-corrected chi connectivity index (χ0v) is 27.4. The Morgan fingerprint density at radius 2 is 1.81 bits per heavy atom. The summed E-state index contributed by atoms with van der Waals surface area (Å²) in [5.41, 5.74) is 2.59. The van der Waals surface area contributed by atoms with Crippen LogP contribution in [0.1, 0.15) is 31.3 Å². The molecule has 2 aromatic heterocycles. The lowest BCUT2D eigenvalue weighted by Gasteiger charge is -2.24. The van der Waals surface area contributed by atoms with E-state index in [0.29, 0.717) is 40.8 Å². The van der Waals surface area contributed by atoms with Gasteiger partial charge >= 0.3 is 6.09 Å². The summed E-state index contributed by atoms with van der Waals surface area (Å²) in [6.07, 6.45) is 3.06. The van der Waals surface area contributed by atoms with E-state index in [-0.39, 0.29) is 5.69 Å². The molecule has 0 aliphatic heterocycles. The lowest BCUT2D eigenvalue weighted by atomic mass is 10.0. The summed E-state index contributed by atoms with van der Waals surface area (Å²) in [6, 6.07) is 12.2. The van der Waals surface area contributed by atoms with Gasteiger partial charge < -0.3 is 14.8 Å². The van der Waals surface area contributed by atoms with E-state index in [1.807, 2.05) is 6.20 Å². The molecular weight excluding hydrogens is 586 g/mol. The van der Waals surface area contributed by atoms with Crippen LogP contribution >= 0.6 is 11.3 Å². The zero-order valence-electron chi connectivity index (χ0n) is 25.6. The van der Waals surface area contributed by atoms with Crippen molar-refractivity contribution in [1.82, 2.24) is 14.8 Å². The third kappa shape index (κ3) is 9.06. The van der Waals surface area contributed by atoms with Crippen LogP contribution in [0.2, 0.25) is 25.7 Å². The Bertz CT molecular complexity index is 1570. The first kappa shape index (κ1) is 32.0. The van der Waals surface area contributed by atoms with Gasteiger partial charge in [0.05, 0.1) is 6.20 Å². The Morgan fingerprint density at radius 1 is 1.09 bits per heavy atom. The Labute approximate surface area is 256 Å². The van der Waals surface area contributed by atoms with Crippen LogP contribution in [-0.2, 0) is 16.2 Å². The molecule has 4 rings (SSSR count). The van der Waals surface area contributed by atoms with Gasteiger partial charge in [-0.25, -0.2) is 18.9 Å². The van der Waals surface area contributed by atoms with Crippen molar-refractivity contribution in [3.8, 4) is 21.7 Å². The summed E-state index contributed by atoms with van der Waals surface area (Å²) >= 11 is 1.34. The molecule has 4 aromatic rings. The number of carbonyl (C=O) groups excluding carboxylic acids is 2. The molecule has 0 radical (unpaired) electrons. The van der Waals surface area contributed by atoms with Gasteiger partial charge in [-0.05, 0) is 62.7 Å². The van der Waals surface area contributed by atoms with Crippen molar-refractivity contribution < 1.29 is 23.5 Å². The highest BCUT2D eigenvalue weighted by molar-refractivity contribution is 7.13. The molecule has 228 valence electrons. The first-order valence-electron chi connectivity index (χ1n) is 13.9. The van der Waals surface area contributed by atoms with E-state index in [2.05, 4.69) is 35.0 Å². The number of thiazole rings is 1. The van der Waals surface area contributed by atoms with Gasteiger partial charge in [0.1, 0.15) is 28.9 Å². The molecule has 2 amide bonds. The topological polar surface area (TPSA) is 98.6 Å². The van der Waals surface area contributed by atoms with E-state index >= 15 is 0 Å². The van der Waals surface area contributed by atoms with E-state index in [1.165, 1.54) is 34.4 Å². The molecule has 12 heteroatoms. The number of benzene rings is 2. The molecule has 2 heterocycles. The monoisotopic (exact) mass is 623 g/mol. The zero-order chi connectivity index (χ0) is 31.4. The first-order valence-corrected chi connectivity index (χ1v) is 18.5. The maximum atomic E-state index is 14.3. The van der Waals surface area contributed by atoms with Crippen molar-refractivity contribution in [2.24, 2.45) is 0 Å². The lowest BCUT2D eigenvalue weighted by molar-refractivity contribution is 0.0589. The highest BCUT2D eigenvalue weighted by Gasteiger charge is 2.21. The van der Waals surface area contributed by atoms with Crippen molar-refractivity contribution in [3.05, 3.63) is 71.7 Å². The van der Waals surface area contributed by atoms with Gasteiger partial charge in [0, 0.05) is 55.8 Å². The molecule has 0 fully saturated rings. The van der Waals surface area contributed by atoms with Crippen LogP contribution in [-0.4, -0.2) is 54.1 Å². The number of ether oxygens (including phenoxy) is 2. The smallest absolute Gasteiger partial charge is 0.414 e. The lowest BCUT2D eigenvalue weighted by Crippen LogP contribution is -2.34. The van der Waals surface area contributed by atoms with Crippen molar-refractivity contribution in [1.29, 1.82) is 0 Å². The predicted octanol–water partition coefficient (Wildman–Crippen LogP) is 7.75. The average molecular weight is 624 g/mol. The minimum absolute atomic E-state index is 0.240. The number of amides is 2. The number of nitrogens with zero attached hydrogens (tertiary/aromatic N) is 4. The molecule has 0 unspecified atom stereocenters. The third-order valence-corrected chi connectivity index (χ3v) is 8.90. The molecule has 9 nitrogen and oxygen atoms in total. The van der Waals surface area contributed by atoms with E-state index in [9.17, 15) is 14.0 Å². The SMILES string of the molecule is CN(C(=O)OC(C)(C)C)c1ccc(-c2cc(F)ccc2NC(=O)c2csc(-c3cnn(COCC[Si](C)(C)C)c3)n2)cc1. The van der Waals surface area contributed by atoms with Crippen LogP contribution in [0.25, 0.3) is 21.7 Å². The number of hydrogen-bond acceptors (Lipinski definition) is 7. The van der Waals surface area contributed by atoms with Gasteiger partial charge in [0.15, 0.2) is 0 Å². The fourth-order valence-electron chi connectivity index (χ4n) is 3.94. The number of aromatic nitrogens is 3. The maximum Gasteiger partial charge on any atom is 0.414 e. The van der Waals surface area contributed by atoms with Crippen molar-refractivity contribution >= 4 is 42.8 Å². The Hall–Kier alpha value is -3.87. The predicted molar refractivity (Wildman–Crippen MR) is 172 cm³/mol. The van der Waals surface area contributed by atoms with Gasteiger partial charge in [-0.3, -0.25) is 9.69 Å². The molecule has 0 atom stereocenters. The van der Waals surface area contributed by atoms with E-state index in [0.717, 1.165) is 11.6 Å². The maximum absolute atomic E-state index is 14.3. The van der Waals surface area contributed by atoms with Crippen molar-refractivity contribution in [2.75, 3.05) is 23.9 Å². The molecule has 0 saturated heterocycles. The van der Waals surface area contributed by atoms with Gasteiger partial charge in [0.25, 0.3) is 5.91 Å². The third-order valence-electron chi connectivity index (χ3n) is 6.30. The summed E-state index contributed by atoms with van der Waals surface area (Å²) in [4.78, 5) is 31.5. The molecule has 0 bridgehead atoms. The second-order valence-corrected chi connectivity index (χ2v) is 18.9. The van der Waals surface area contributed by atoms with Crippen molar-refractivity contribution in [3.63, 3.8) is 0 Å². The van der Waals surface area contributed by atoms with Gasteiger partial charge in [-0.15, -0.1) is 11.3 Å². The molecule has 0 aliphatic rings. The number of anilines is 2. The second kappa shape index (κ2) is 13.2. The Balaban J connectivity index is 1.44. The summed E-state index contributed by atoms with van der Waals surface area (Å²) in [7, 11) is 0.460. The van der Waals surface area contributed by atoms with Crippen LogP contribution in [0, 0.1) is 5.82 Å². The Kier molecular flexibility index (Phi) is 9.83. The molecule has 0 spiro atoms. The molecule has 2 aromatic carbocycles. The summed E-state index contributed by atoms with van der Waals surface area (Å²) in [6.45, 7) is 13.4. The number of halogens is 1. The van der Waals surface area contributed by atoms with Crippen LogP contribution in [0.15, 0.2) is 60.2 Å². The summed E-state index contributed by atoms with van der Waals surface area (Å²) in [5.74, 6) is -0.862. The first-order chi connectivity index (χ1) is 20.2. The van der Waals surface area contributed by atoms with E-state index < -0.39 is 31.5 Å². The fraction of sp³-hybridized carbons (Fsp3) is 0.355. The van der Waals surface area contributed by atoms with Gasteiger partial charge in [-0.2, -0.15) is 5.10 Å². The standard InChI is InChI=1S/C31H38FN5O4SSi/c1-31(2,3)41-30(39)36(4)24-11-8-21(9-12-24)25-16-23(32)10-13-26(25)34-28(38)27-19-42-29(35-27)22-17-33-37(18-22)20-40-14-15-43(5,6)7/h8-13,16-19H,14-15,20H2,1-7H3,(H,34,38). The molecule has 0 saturated carbocycles. The minimum Gasteiger partial charge on any atom is -0.443 e. The highest BCUT2D eigenvalue weighted by atomic mass is 32.1. The Morgan fingerprint density at radius 3 is 2.49 bits per heavy atom. The molecule has 43 heavy (non-hydrogen) atoms. The van der Waals surface area contributed by atoms with Crippen molar-refractivity contribution in [2.45, 2.75) is 58.8 Å². The summed E-state index contributed by atoms with van der Waals surface area (Å²) < 4.78 is 27.2. The number of carbonyl (C=O) groups is 2. The quantitative estimate of drug-likeness (QED) is 0.143. The number of hydrogen-bond donors (Lipinski definition) is 1. The van der Waals surface area contributed by atoms with Gasteiger partial charge in [0.2, 0.25) is 0 Å².